The topological polar surface area (TPSA) is 48.1 Å². The molecule has 1 saturated heterocycles. The molecule has 1 fully saturated rings. The maximum absolute atomic E-state index is 11.7. The van der Waals surface area contributed by atoms with Crippen LogP contribution < -0.4 is 10.9 Å². The Hall–Kier alpha value is -2.30. The number of rotatable bonds is 4. The van der Waals surface area contributed by atoms with Gasteiger partial charge in [-0.1, -0.05) is 29.8 Å². The van der Waals surface area contributed by atoms with Crippen molar-refractivity contribution in [1.29, 1.82) is 0 Å². The molecule has 24 heavy (non-hydrogen) atoms. The number of nitrogens with zero attached hydrogens (tertiary/aromatic N) is 1. The van der Waals surface area contributed by atoms with Crippen molar-refractivity contribution in [1.82, 2.24) is 9.88 Å². The van der Waals surface area contributed by atoms with E-state index < -0.39 is 0 Å². The standard InChI is InChI=1S/C19H18ClN3O/c20-18-4-2-1-3-14(18)10-23-11-16(12-23)22-15-5-6-17-13(9-15)7-8-21-19(17)24/h1-9,16,22H,10-12H2,(H,21,24). The van der Waals surface area contributed by atoms with E-state index in [0.29, 0.717) is 6.04 Å². The minimum absolute atomic E-state index is 0.0476. The Kier molecular flexibility index (Phi) is 4.00. The number of pyridine rings is 1. The van der Waals surface area contributed by atoms with Gasteiger partial charge < -0.3 is 10.3 Å². The normalized spacial score (nSPS) is 15.4. The van der Waals surface area contributed by atoms with Crippen LogP contribution in [0.5, 0.6) is 0 Å². The number of anilines is 1. The predicted octanol–water partition coefficient (Wildman–Crippen LogP) is 3.48. The van der Waals surface area contributed by atoms with Gasteiger partial charge in [-0.3, -0.25) is 9.69 Å². The van der Waals surface area contributed by atoms with Crippen LogP contribution in [-0.2, 0) is 6.54 Å². The summed E-state index contributed by atoms with van der Waals surface area (Å²) in [6.07, 6.45) is 1.68. The summed E-state index contributed by atoms with van der Waals surface area (Å²) >= 11 is 6.21. The molecular formula is C19H18ClN3O. The first-order chi connectivity index (χ1) is 11.7. The fraction of sp³-hybridized carbons (Fsp3) is 0.211. The maximum Gasteiger partial charge on any atom is 0.255 e. The molecule has 2 N–H and O–H groups in total. The first-order valence-corrected chi connectivity index (χ1v) is 8.40. The number of aromatic nitrogens is 1. The van der Waals surface area contributed by atoms with E-state index in [9.17, 15) is 4.79 Å². The van der Waals surface area contributed by atoms with Gasteiger partial charge in [0.05, 0.1) is 6.04 Å². The van der Waals surface area contributed by atoms with E-state index in [2.05, 4.69) is 21.3 Å². The first kappa shape index (κ1) is 15.2. The molecule has 122 valence electrons. The Morgan fingerprint density at radius 3 is 2.83 bits per heavy atom. The average molecular weight is 340 g/mol. The summed E-state index contributed by atoms with van der Waals surface area (Å²) in [5.74, 6) is 0. The lowest BCUT2D eigenvalue weighted by Gasteiger charge is -2.40. The molecular weight excluding hydrogens is 322 g/mol. The van der Waals surface area contributed by atoms with Gasteiger partial charge in [0.15, 0.2) is 0 Å². The van der Waals surface area contributed by atoms with Gasteiger partial charge in [-0.2, -0.15) is 0 Å². The number of hydrogen-bond donors (Lipinski definition) is 2. The molecule has 1 aromatic heterocycles. The Labute approximate surface area is 145 Å². The van der Waals surface area contributed by atoms with Crippen LogP contribution >= 0.6 is 11.6 Å². The third-order valence-electron chi connectivity index (χ3n) is 4.45. The molecule has 0 aliphatic carbocycles. The number of nitrogens with one attached hydrogen (secondary N) is 2. The van der Waals surface area contributed by atoms with E-state index in [1.807, 2.05) is 42.5 Å². The molecule has 4 rings (SSSR count). The molecule has 0 saturated carbocycles. The lowest BCUT2D eigenvalue weighted by atomic mass is 10.1. The van der Waals surface area contributed by atoms with E-state index in [0.717, 1.165) is 41.1 Å². The summed E-state index contributed by atoms with van der Waals surface area (Å²) in [6.45, 7) is 2.85. The van der Waals surface area contributed by atoms with Crippen molar-refractivity contribution in [3.63, 3.8) is 0 Å². The number of halogens is 1. The van der Waals surface area contributed by atoms with E-state index in [1.165, 1.54) is 5.56 Å². The molecule has 2 aromatic carbocycles. The summed E-state index contributed by atoms with van der Waals surface area (Å²) < 4.78 is 0. The van der Waals surface area contributed by atoms with Gasteiger partial charge in [-0.15, -0.1) is 0 Å². The summed E-state index contributed by atoms with van der Waals surface area (Å²) in [5, 5.41) is 6.03. The number of H-pyrrole nitrogens is 1. The van der Waals surface area contributed by atoms with Crippen LogP contribution in [-0.4, -0.2) is 29.0 Å². The highest BCUT2D eigenvalue weighted by Gasteiger charge is 2.26. The van der Waals surface area contributed by atoms with Gasteiger partial charge in [0, 0.05) is 41.9 Å². The largest absolute Gasteiger partial charge is 0.380 e. The molecule has 0 amide bonds. The predicted molar refractivity (Wildman–Crippen MR) is 98.7 cm³/mol. The molecule has 0 atom stereocenters. The van der Waals surface area contributed by atoms with E-state index in [-0.39, 0.29) is 5.56 Å². The number of benzene rings is 2. The molecule has 0 radical (unpaired) electrons. The molecule has 0 bridgehead atoms. The summed E-state index contributed by atoms with van der Waals surface area (Å²) in [7, 11) is 0. The zero-order valence-electron chi connectivity index (χ0n) is 13.1. The van der Waals surface area contributed by atoms with Crippen molar-refractivity contribution in [3.05, 3.63) is 75.7 Å². The number of hydrogen-bond acceptors (Lipinski definition) is 3. The van der Waals surface area contributed by atoms with E-state index >= 15 is 0 Å². The van der Waals surface area contributed by atoms with Crippen molar-refractivity contribution in [2.75, 3.05) is 18.4 Å². The Bertz CT molecular complexity index is 931. The van der Waals surface area contributed by atoms with Crippen molar-refractivity contribution in [2.24, 2.45) is 0 Å². The molecule has 1 aliphatic heterocycles. The SMILES string of the molecule is O=c1[nH]ccc2cc(NC3CN(Cc4ccccc4Cl)C3)ccc12. The van der Waals surface area contributed by atoms with E-state index in [4.69, 9.17) is 11.6 Å². The second-order valence-electron chi connectivity index (χ2n) is 6.24. The van der Waals surface area contributed by atoms with Crippen LogP contribution in [0.15, 0.2) is 59.5 Å². The van der Waals surface area contributed by atoms with Crippen LogP contribution in [0.2, 0.25) is 5.02 Å². The van der Waals surface area contributed by atoms with Gasteiger partial charge in [0.25, 0.3) is 5.56 Å². The third-order valence-corrected chi connectivity index (χ3v) is 4.82. The summed E-state index contributed by atoms with van der Waals surface area (Å²) in [4.78, 5) is 16.8. The fourth-order valence-corrected chi connectivity index (χ4v) is 3.37. The van der Waals surface area contributed by atoms with Crippen LogP contribution in [0.1, 0.15) is 5.56 Å². The number of likely N-dealkylation sites (tertiary alicyclic amines) is 1. The van der Waals surface area contributed by atoms with Gasteiger partial charge in [0.1, 0.15) is 0 Å². The van der Waals surface area contributed by atoms with Gasteiger partial charge in [-0.05, 0) is 41.3 Å². The van der Waals surface area contributed by atoms with Crippen molar-refractivity contribution in [3.8, 4) is 0 Å². The third kappa shape index (κ3) is 3.03. The molecule has 0 unspecified atom stereocenters. The maximum atomic E-state index is 11.7. The average Bonchev–Trinajstić information content (AvgIpc) is 2.55. The van der Waals surface area contributed by atoms with Crippen LogP contribution in [0.25, 0.3) is 10.8 Å². The Balaban J connectivity index is 1.38. The highest BCUT2D eigenvalue weighted by molar-refractivity contribution is 6.31. The van der Waals surface area contributed by atoms with Crippen LogP contribution in [0.3, 0.4) is 0 Å². The second kappa shape index (κ2) is 6.30. The highest BCUT2D eigenvalue weighted by atomic mass is 35.5. The molecule has 5 heteroatoms. The zero-order valence-corrected chi connectivity index (χ0v) is 13.9. The molecule has 4 nitrogen and oxygen atoms in total. The summed E-state index contributed by atoms with van der Waals surface area (Å²) in [5.41, 5.74) is 2.17. The Morgan fingerprint density at radius 1 is 1.17 bits per heavy atom. The van der Waals surface area contributed by atoms with Crippen molar-refractivity contribution in [2.45, 2.75) is 12.6 Å². The smallest absolute Gasteiger partial charge is 0.255 e. The summed E-state index contributed by atoms with van der Waals surface area (Å²) in [6, 6.07) is 16.2. The van der Waals surface area contributed by atoms with Crippen LogP contribution in [0, 0.1) is 0 Å². The minimum Gasteiger partial charge on any atom is -0.380 e. The van der Waals surface area contributed by atoms with Gasteiger partial charge in [0.2, 0.25) is 0 Å². The Morgan fingerprint density at radius 2 is 2.00 bits per heavy atom. The molecule has 2 heterocycles. The quantitative estimate of drug-likeness (QED) is 0.765. The molecule has 3 aromatic rings. The van der Waals surface area contributed by atoms with Gasteiger partial charge >= 0.3 is 0 Å². The van der Waals surface area contributed by atoms with Gasteiger partial charge in [-0.25, -0.2) is 0 Å². The lowest BCUT2D eigenvalue weighted by Crippen LogP contribution is -2.54. The minimum atomic E-state index is -0.0476. The zero-order chi connectivity index (χ0) is 16.5. The molecule has 0 spiro atoms. The lowest BCUT2D eigenvalue weighted by molar-refractivity contribution is 0.153. The highest BCUT2D eigenvalue weighted by Crippen LogP contribution is 2.23. The van der Waals surface area contributed by atoms with E-state index in [1.54, 1.807) is 6.20 Å². The van der Waals surface area contributed by atoms with Crippen LogP contribution in [0.4, 0.5) is 5.69 Å². The monoisotopic (exact) mass is 339 g/mol. The number of aromatic amines is 1. The second-order valence-corrected chi connectivity index (χ2v) is 6.64. The first-order valence-electron chi connectivity index (χ1n) is 8.03. The van der Waals surface area contributed by atoms with Crippen molar-refractivity contribution < 1.29 is 0 Å². The number of fused-ring (bicyclic) bond motifs is 1. The fourth-order valence-electron chi connectivity index (χ4n) is 3.18. The van der Waals surface area contributed by atoms with Crippen molar-refractivity contribution >= 4 is 28.1 Å². The molecule has 1 aliphatic rings.